The van der Waals surface area contributed by atoms with Crippen LogP contribution >= 0.6 is 0 Å². The average Bonchev–Trinajstić information content (AvgIpc) is 2.19. The van der Waals surface area contributed by atoms with Gasteiger partial charge in [0.1, 0.15) is 5.60 Å². The van der Waals surface area contributed by atoms with Crippen LogP contribution in [0.4, 0.5) is 0 Å². The van der Waals surface area contributed by atoms with Crippen molar-refractivity contribution >= 4 is 5.97 Å². The molecule has 0 saturated heterocycles. The van der Waals surface area contributed by atoms with Gasteiger partial charge < -0.3 is 10.5 Å². The molecular formula is C11H21NO2. The molecule has 2 N–H and O–H groups in total. The van der Waals surface area contributed by atoms with Gasteiger partial charge in [-0.15, -0.1) is 0 Å². The third-order valence-electron chi connectivity index (χ3n) is 2.92. The number of hydrogen-bond acceptors (Lipinski definition) is 3. The number of rotatable bonds is 4. The first-order chi connectivity index (χ1) is 6.72. The number of nitrogens with two attached hydrogens (primary N) is 1. The van der Waals surface area contributed by atoms with E-state index in [9.17, 15) is 4.79 Å². The van der Waals surface area contributed by atoms with Gasteiger partial charge >= 0.3 is 5.97 Å². The second-order valence-corrected chi connectivity index (χ2v) is 4.17. The molecule has 0 spiro atoms. The highest BCUT2D eigenvalue weighted by Crippen LogP contribution is 2.31. The lowest BCUT2D eigenvalue weighted by Crippen LogP contribution is -2.44. The topological polar surface area (TPSA) is 52.3 Å². The maximum absolute atomic E-state index is 11.4. The monoisotopic (exact) mass is 199 g/mol. The fourth-order valence-corrected chi connectivity index (χ4v) is 2.04. The van der Waals surface area contributed by atoms with E-state index >= 15 is 0 Å². The van der Waals surface area contributed by atoms with Crippen molar-refractivity contribution in [2.75, 3.05) is 6.54 Å². The molecule has 0 heterocycles. The summed E-state index contributed by atoms with van der Waals surface area (Å²) in [6, 6.07) is 0. The summed E-state index contributed by atoms with van der Waals surface area (Å²) >= 11 is 0. The van der Waals surface area contributed by atoms with Gasteiger partial charge in [-0.05, 0) is 32.1 Å². The molecule has 1 saturated carbocycles. The smallest absolute Gasteiger partial charge is 0.306 e. The summed E-state index contributed by atoms with van der Waals surface area (Å²) in [5.74, 6) is -0.0835. The first kappa shape index (κ1) is 11.5. The fraction of sp³-hybridized carbons (Fsp3) is 0.909. The van der Waals surface area contributed by atoms with Gasteiger partial charge in [-0.3, -0.25) is 4.79 Å². The van der Waals surface area contributed by atoms with Crippen molar-refractivity contribution in [2.24, 2.45) is 5.73 Å². The highest BCUT2D eigenvalue weighted by atomic mass is 16.6. The molecule has 1 fully saturated rings. The van der Waals surface area contributed by atoms with Crippen molar-refractivity contribution in [3.63, 3.8) is 0 Å². The summed E-state index contributed by atoms with van der Waals surface area (Å²) in [4.78, 5) is 11.4. The largest absolute Gasteiger partial charge is 0.458 e. The minimum absolute atomic E-state index is 0.0835. The first-order valence-corrected chi connectivity index (χ1v) is 5.64. The third-order valence-corrected chi connectivity index (χ3v) is 2.92. The number of carbonyl (C=O) groups is 1. The molecule has 0 atom stereocenters. The Kier molecular flexibility index (Phi) is 4.39. The van der Waals surface area contributed by atoms with Crippen molar-refractivity contribution in [3.8, 4) is 0 Å². The van der Waals surface area contributed by atoms with Crippen LogP contribution in [0.2, 0.25) is 0 Å². The molecule has 14 heavy (non-hydrogen) atoms. The maximum Gasteiger partial charge on any atom is 0.306 e. The summed E-state index contributed by atoms with van der Waals surface area (Å²) in [6.45, 7) is 2.46. The van der Waals surface area contributed by atoms with Crippen molar-refractivity contribution in [1.82, 2.24) is 0 Å². The Labute approximate surface area is 86.0 Å². The zero-order chi connectivity index (χ0) is 10.4. The molecule has 3 nitrogen and oxygen atoms in total. The van der Waals surface area contributed by atoms with Gasteiger partial charge in [0.05, 0.1) is 0 Å². The van der Waals surface area contributed by atoms with Crippen molar-refractivity contribution in [3.05, 3.63) is 0 Å². The van der Waals surface area contributed by atoms with Gasteiger partial charge in [-0.1, -0.05) is 13.3 Å². The molecule has 0 bridgehead atoms. The highest BCUT2D eigenvalue weighted by molar-refractivity contribution is 5.69. The van der Waals surface area contributed by atoms with E-state index in [2.05, 4.69) is 0 Å². The molecule has 82 valence electrons. The van der Waals surface area contributed by atoms with Crippen molar-refractivity contribution in [1.29, 1.82) is 0 Å². The molecule has 0 aromatic heterocycles. The van der Waals surface area contributed by atoms with Crippen LogP contribution in [0.25, 0.3) is 0 Å². The van der Waals surface area contributed by atoms with Crippen LogP contribution in [-0.4, -0.2) is 18.1 Å². The zero-order valence-corrected chi connectivity index (χ0v) is 9.05. The van der Waals surface area contributed by atoms with Crippen LogP contribution in [0, 0.1) is 0 Å². The molecule has 0 amide bonds. The van der Waals surface area contributed by atoms with E-state index in [1.807, 2.05) is 6.92 Å². The van der Waals surface area contributed by atoms with Crippen LogP contribution < -0.4 is 5.73 Å². The van der Waals surface area contributed by atoms with E-state index in [4.69, 9.17) is 10.5 Å². The number of ether oxygens (including phenoxy) is 1. The van der Waals surface area contributed by atoms with E-state index in [0.717, 1.165) is 32.1 Å². The normalized spacial score (nSPS) is 20.4. The molecular weight excluding hydrogens is 178 g/mol. The van der Waals surface area contributed by atoms with Crippen molar-refractivity contribution < 1.29 is 9.53 Å². The Morgan fingerprint density at radius 1 is 1.36 bits per heavy atom. The van der Waals surface area contributed by atoms with Gasteiger partial charge in [0, 0.05) is 13.0 Å². The maximum atomic E-state index is 11.4. The van der Waals surface area contributed by atoms with Crippen molar-refractivity contribution in [2.45, 2.75) is 57.5 Å². The van der Waals surface area contributed by atoms with Crippen LogP contribution in [-0.2, 0) is 9.53 Å². The van der Waals surface area contributed by atoms with Gasteiger partial charge in [-0.2, -0.15) is 0 Å². The van der Waals surface area contributed by atoms with Gasteiger partial charge in [-0.25, -0.2) is 0 Å². The molecule has 1 aliphatic carbocycles. The summed E-state index contributed by atoms with van der Waals surface area (Å²) in [6.07, 6.45) is 6.76. The molecule has 0 unspecified atom stereocenters. The Morgan fingerprint density at radius 2 is 2.00 bits per heavy atom. The van der Waals surface area contributed by atoms with Gasteiger partial charge in [0.2, 0.25) is 0 Å². The van der Waals surface area contributed by atoms with Crippen LogP contribution in [0.15, 0.2) is 0 Å². The van der Waals surface area contributed by atoms with E-state index in [-0.39, 0.29) is 11.6 Å². The van der Waals surface area contributed by atoms with Crippen LogP contribution in [0.3, 0.4) is 0 Å². The standard InChI is InChI=1S/C11H21NO2/c1-2-6-10(13)14-11(9-12)7-4-3-5-8-11/h2-9,12H2,1H3. The summed E-state index contributed by atoms with van der Waals surface area (Å²) in [7, 11) is 0. The lowest BCUT2D eigenvalue weighted by atomic mass is 9.84. The number of esters is 1. The van der Waals surface area contributed by atoms with E-state index in [0.29, 0.717) is 13.0 Å². The second kappa shape index (κ2) is 5.35. The highest BCUT2D eigenvalue weighted by Gasteiger charge is 2.34. The van der Waals surface area contributed by atoms with E-state index in [1.54, 1.807) is 0 Å². The summed E-state index contributed by atoms with van der Waals surface area (Å²) in [5, 5.41) is 0. The van der Waals surface area contributed by atoms with Gasteiger partial charge in [0.25, 0.3) is 0 Å². The number of carbonyl (C=O) groups excluding carboxylic acids is 1. The Morgan fingerprint density at radius 3 is 2.50 bits per heavy atom. The number of hydrogen-bond donors (Lipinski definition) is 1. The molecule has 1 aliphatic rings. The van der Waals surface area contributed by atoms with Crippen LogP contribution in [0.5, 0.6) is 0 Å². The third kappa shape index (κ3) is 2.98. The van der Waals surface area contributed by atoms with Gasteiger partial charge in [0.15, 0.2) is 0 Å². The lowest BCUT2D eigenvalue weighted by molar-refractivity contribution is -0.162. The predicted octanol–water partition coefficient (Wildman–Crippen LogP) is 1.99. The molecule has 1 rings (SSSR count). The predicted molar refractivity (Wildman–Crippen MR) is 55.9 cm³/mol. The molecule has 0 aromatic rings. The first-order valence-electron chi connectivity index (χ1n) is 5.64. The molecule has 0 aliphatic heterocycles. The average molecular weight is 199 g/mol. The SMILES string of the molecule is CCCC(=O)OC1(CN)CCCCC1. The quantitative estimate of drug-likeness (QED) is 0.704. The summed E-state index contributed by atoms with van der Waals surface area (Å²) < 4.78 is 5.50. The minimum atomic E-state index is -0.329. The Bertz CT molecular complexity index is 186. The molecule has 3 heteroatoms. The lowest BCUT2D eigenvalue weighted by Gasteiger charge is -2.35. The second-order valence-electron chi connectivity index (χ2n) is 4.17. The molecule has 0 radical (unpaired) electrons. The fourth-order valence-electron chi connectivity index (χ4n) is 2.04. The Balaban J connectivity index is 2.47. The zero-order valence-electron chi connectivity index (χ0n) is 9.05. The van der Waals surface area contributed by atoms with Crippen LogP contribution in [0.1, 0.15) is 51.9 Å². The molecule has 0 aromatic carbocycles. The minimum Gasteiger partial charge on any atom is -0.458 e. The van der Waals surface area contributed by atoms with E-state index < -0.39 is 0 Å². The summed E-state index contributed by atoms with van der Waals surface area (Å²) in [5.41, 5.74) is 5.38. The Hall–Kier alpha value is -0.570. The van der Waals surface area contributed by atoms with E-state index in [1.165, 1.54) is 6.42 Å².